The highest BCUT2D eigenvalue weighted by Crippen LogP contribution is 2.33. The lowest BCUT2D eigenvalue weighted by Crippen LogP contribution is -2.60. The van der Waals surface area contributed by atoms with Crippen LogP contribution in [0.4, 0.5) is 0 Å². The predicted octanol–water partition coefficient (Wildman–Crippen LogP) is 1.07. The van der Waals surface area contributed by atoms with Crippen molar-refractivity contribution < 1.29 is 4.79 Å². The minimum atomic E-state index is -0.125. The zero-order valence-corrected chi connectivity index (χ0v) is 12.3. The molecule has 4 nitrogen and oxygen atoms in total. The number of nitrogens with one attached hydrogen (secondary N) is 1. The lowest BCUT2D eigenvalue weighted by molar-refractivity contribution is -0.148. The quantitative estimate of drug-likeness (QED) is 0.770. The minimum absolute atomic E-state index is 0.125. The molecule has 19 heavy (non-hydrogen) atoms. The maximum absolute atomic E-state index is 13.0. The number of rotatable bonds is 1. The molecule has 0 aliphatic carbocycles. The van der Waals surface area contributed by atoms with Crippen LogP contribution in [0.3, 0.4) is 0 Å². The molecule has 0 aromatic heterocycles. The number of fused-ring (bicyclic) bond motifs is 1. The van der Waals surface area contributed by atoms with Crippen LogP contribution in [0.5, 0.6) is 0 Å². The summed E-state index contributed by atoms with van der Waals surface area (Å²) in [6, 6.07) is 1.01. The normalized spacial score (nSPS) is 35.2. The third-order valence-corrected chi connectivity index (χ3v) is 5.42. The van der Waals surface area contributed by atoms with Crippen LogP contribution >= 0.6 is 0 Å². The molecule has 3 saturated heterocycles. The molecule has 3 aliphatic rings. The summed E-state index contributed by atoms with van der Waals surface area (Å²) in [5.41, 5.74) is -0.125. The molecule has 4 heteroatoms. The second-order valence-electron chi connectivity index (χ2n) is 6.91. The molecular formula is C15H27N3O. The van der Waals surface area contributed by atoms with Gasteiger partial charge in [0.05, 0.1) is 0 Å². The highest BCUT2D eigenvalue weighted by atomic mass is 16.2. The molecular weight excluding hydrogens is 238 g/mol. The number of amides is 1. The summed E-state index contributed by atoms with van der Waals surface area (Å²) in [5, 5.41) is 3.37. The van der Waals surface area contributed by atoms with Gasteiger partial charge in [0.2, 0.25) is 5.91 Å². The zero-order chi connectivity index (χ0) is 13.5. The summed E-state index contributed by atoms with van der Waals surface area (Å²) in [4.78, 5) is 17.7. The summed E-state index contributed by atoms with van der Waals surface area (Å²) in [7, 11) is 0. The number of nitrogens with zero attached hydrogens (tertiary/aromatic N) is 2. The van der Waals surface area contributed by atoms with Gasteiger partial charge in [-0.2, -0.15) is 0 Å². The van der Waals surface area contributed by atoms with Crippen molar-refractivity contribution in [3.8, 4) is 0 Å². The third kappa shape index (κ3) is 2.40. The van der Waals surface area contributed by atoms with Crippen LogP contribution in [-0.2, 0) is 4.79 Å². The lowest BCUT2D eigenvalue weighted by atomic mass is 9.79. The molecule has 1 amide bonds. The Balaban J connectivity index is 1.71. The van der Waals surface area contributed by atoms with Crippen molar-refractivity contribution in [1.82, 2.24) is 15.1 Å². The fraction of sp³-hybridized carbons (Fsp3) is 0.933. The minimum Gasteiger partial charge on any atom is -0.337 e. The van der Waals surface area contributed by atoms with Crippen molar-refractivity contribution in [2.75, 3.05) is 32.7 Å². The van der Waals surface area contributed by atoms with Crippen molar-refractivity contribution in [3.05, 3.63) is 0 Å². The number of carbonyl (C=O) groups is 1. The van der Waals surface area contributed by atoms with E-state index in [1.54, 1.807) is 0 Å². The van der Waals surface area contributed by atoms with Crippen molar-refractivity contribution in [2.45, 2.75) is 51.6 Å². The molecule has 0 aromatic carbocycles. The molecule has 3 heterocycles. The van der Waals surface area contributed by atoms with Gasteiger partial charge in [-0.1, -0.05) is 6.92 Å². The van der Waals surface area contributed by atoms with Gasteiger partial charge >= 0.3 is 0 Å². The molecule has 3 aliphatic heterocycles. The van der Waals surface area contributed by atoms with Crippen molar-refractivity contribution in [1.29, 1.82) is 0 Å². The Bertz CT molecular complexity index is 351. The highest BCUT2D eigenvalue weighted by molar-refractivity contribution is 5.83. The Kier molecular flexibility index (Phi) is 3.56. The summed E-state index contributed by atoms with van der Waals surface area (Å²) in [5.74, 6) is 0.410. The van der Waals surface area contributed by atoms with Crippen LogP contribution in [0.15, 0.2) is 0 Å². The van der Waals surface area contributed by atoms with E-state index >= 15 is 0 Å². The molecule has 0 bridgehead atoms. The Morgan fingerprint density at radius 2 is 2.00 bits per heavy atom. The highest BCUT2D eigenvalue weighted by Gasteiger charge is 2.43. The van der Waals surface area contributed by atoms with Crippen molar-refractivity contribution >= 4 is 5.91 Å². The van der Waals surface area contributed by atoms with Gasteiger partial charge < -0.3 is 10.2 Å². The van der Waals surface area contributed by atoms with E-state index in [1.807, 2.05) is 0 Å². The van der Waals surface area contributed by atoms with Crippen LogP contribution < -0.4 is 5.32 Å². The molecule has 0 saturated carbocycles. The van der Waals surface area contributed by atoms with Crippen LogP contribution in [0.2, 0.25) is 0 Å². The SMILES string of the molecule is CC1CN2CCCC2CN1C(=O)C1(C)CCNCC1. The summed E-state index contributed by atoms with van der Waals surface area (Å²) in [6.07, 6.45) is 4.56. The first-order valence-corrected chi connectivity index (χ1v) is 7.86. The van der Waals surface area contributed by atoms with Crippen LogP contribution in [0.1, 0.15) is 39.5 Å². The van der Waals surface area contributed by atoms with Crippen LogP contribution in [0.25, 0.3) is 0 Å². The average molecular weight is 265 g/mol. The van der Waals surface area contributed by atoms with Gasteiger partial charge in [0, 0.05) is 30.6 Å². The lowest BCUT2D eigenvalue weighted by Gasteiger charge is -2.46. The Labute approximate surface area is 116 Å². The first-order valence-electron chi connectivity index (χ1n) is 7.86. The predicted molar refractivity (Wildman–Crippen MR) is 76.0 cm³/mol. The molecule has 3 rings (SSSR count). The molecule has 0 aromatic rings. The smallest absolute Gasteiger partial charge is 0.228 e. The van der Waals surface area contributed by atoms with Gasteiger partial charge in [-0.25, -0.2) is 0 Å². The van der Waals surface area contributed by atoms with Crippen LogP contribution in [-0.4, -0.2) is 60.5 Å². The van der Waals surface area contributed by atoms with E-state index in [9.17, 15) is 4.79 Å². The van der Waals surface area contributed by atoms with Crippen molar-refractivity contribution in [3.63, 3.8) is 0 Å². The van der Waals surface area contributed by atoms with E-state index in [1.165, 1.54) is 19.4 Å². The molecule has 1 N–H and O–H groups in total. The number of piperidine rings is 1. The topological polar surface area (TPSA) is 35.6 Å². The van der Waals surface area contributed by atoms with Gasteiger partial charge in [-0.3, -0.25) is 9.69 Å². The molecule has 2 unspecified atom stereocenters. The average Bonchev–Trinajstić information content (AvgIpc) is 2.85. The van der Waals surface area contributed by atoms with Crippen molar-refractivity contribution in [2.24, 2.45) is 5.41 Å². The zero-order valence-electron chi connectivity index (χ0n) is 12.3. The monoisotopic (exact) mass is 265 g/mol. The number of piperazine rings is 1. The number of carbonyl (C=O) groups excluding carboxylic acids is 1. The molecule has 0 radical (unpaired) electrons. The van der Waals surface area contributed by atoms with Gasteiger partial charge in [0.1, 0.15) is 0 Å². The maximum Gasteiger partial charge on any atom is 0.228 e. The Morgan fingerprint density at radius 3 is 2.74 bits per heavy atom. The van der Waals surface area contributed by atoms with E-state index in [0.717, 1.165) is 39.0 Å². The van der Waals surface area contributed by atoms with Gasteiger partial charge in [0.15, 0.2) is 0 Å². The van der Waals surface area contributed by atoms with E-state index in [0.29, 0.717) is 18.0 Å². The maximum atomic E-state index is 13.0. The van der Waals surface area contributed by atoms with Gasteiger partial charge in [-0.15, -0.1) is 0 Å². The molecule has 3 fully saturated rings. The summed E-state index contributed by atoms with van der Waals surface area (Å²) < 4.78 is 0. The number of hydrogen-bond donors (Lipinski definition) is 1. The third-order valence-electron chi connectivity index (χ3n) is 5.42. The Hall–Kier alpha value is -0.610. The fourth-order valence-corrected chi connectivity index (χ4v) is 4.01. The molecule has 2 atom stereocenters. The first-order chi connectivity index (χ1) is 9.10. The second-order valence-corrected chi connectivity index (χ2v) is 6.91. The standard InChI is InChI=1S/C15H27N3O/c1-12-10-17-9-3-4-13(17)11-18(12)14(19)15(2)5-7-16-8-6-15/h12-13,16H,3-11H2,1-2H3. The first kappa shape index (κ1) is 13.4. The summed E-state index contributed by atoms with van der Waals surface area (Å²) in [6.45, 7) is 9.63. The van der Waals surface area contributed by atoms with E-state index in [4.69, 9.17) is 0 Å². The summed E-state index contributed by atoms with van der Waals surface area (Å²) >= 11 is 0. The molecule has 0 spiro atoms. The fourth-order valence-electron chi connectivity index (χ4n) is 4.01. The largest absolute Gasteiger partial charge is 0.337 e. The van der Waals surface area contributed by atoms with E-state index in [-0.39, 0.29) is 5.41 Å². The number of hydrogen-bond acceptors (Lipinski definition) is 3. The van der Waals surface area contributed by atoms with E-state index < -0.39 is 0 Å². The molecule has 108 valence electrons. The van der Waals surface area contributed by atoms with E-state index in [2.05, 4.69) is 29.0 Å². The van der Waals surface area contributed by atoms with Crippen LogP contribution in [0, 0.1) is 5.41 Å². The Morgan fingerprint density at radius 1 is 1.26 bits per heavy atom. The van der Waals surface area contributed by atoms with Gasteiger partial charge in [-0.05, 0) is 52.2 Å². The second kappa shape index (κ2) is 5.06. The van der Waals surface area contributed by atoms with Gasteiger partial charge in [0.25, 0.3) is 0 Å².